The van der Waals surface area contributed by atoms with Crippen molar-refractivity contribution in [2.24, 2.45) is 0 Å². The summed E-state index contributed by atoms with van der Waals surface area (Å²) in [6.45, 7) is 0. The van der Waals surface area contributed by atoms with Crippen molar-refractivity contribution < 1.29 is 31.3 Å². The third-order valence-electron chi connectivity index (χ3n) is 3.42. The number of ketones is 1. The van der Waals surface area contributed by atoms with E-state index in [1.807, 2.05) is 30.4 Å². The maximum atomic E-state index is 11.8. The van der Waals surface area contributed by atoms with Crippen LogP contribution < -0.4 is 9.47 Å². The van der Waals surface area contributed by atoms with Crippen LogP contribution in [0.2, 0.25) is 0 Å². The molecule has 2 aliphatic carbocycles. The quantitative estimate of drug-likeness (QED) is 0.437. The van der Waals surface area contributed by atoms with Gasteiger partial charge in [-0.05, 0) is 24.3 Å². The summed E-state index contributed by atoms with van der Waals surface area (Å²) in [6, 6.07) is 5.47. The van der Waals surface area contributed by atoms with Crippen LogP contribution in [0.3, 0.4) is 0 Å². The van der Waals surface area contributed by atoms with Crippen molar-refractivity contribution in [3.63, 3.8) is 0 Å². The summed E-state index contributed by atoms with van der Waals surface area (Å²) < 4.78 is 10.4. The van der Waals surface area contributed by atoms with E-state index < -0.39 is 0 Å². The Morgan fingerprint density at radius 3 is 2.52 bits per heavy atom. The zero-order valence-electron chi connectivity index (χ0n) is 14.3. The summed E-state index contributed by atoms with van der Waals surface area (Å²) in [5.41, 5.74) is 1.52. The van der Waals surface area contributed by atoms with Gasteiger partial charge in [-0.25, -0.2) is 18.2 Å². The third kappa shape index (κ3) is 6.61. The van der Waals surface area contributed by atoms with E-state index in [9.17, 15) is 4.79 Å². The minimum absolute atomic E-state index is 0. The fourth-order valence-electron chi connectivity index (χ4n) is 2.13. The zero-order valence-corrected chi connectivity index (χ0v) is 15.4. The molecule has 0 atom stereocenters. The summed E-state index contributed by atoms with van der Waals surface area (Å²) in [7, 11) is 3.19. The van der Waals surface area contributed by atoms with Crippen molar-refractivity contribution in [3.05, 3.63) is 77.9 Å². The molecule has 3 nitrogen and oxygen atoms in total. The van der Waals surface area contributed by atoms with E-state index in [1.165, 1.54) is 0 Å². The van der Waals surface area contributed by atoms with Gasteiger partial charge in [0.15, 0.2) is 0 Å². The number of carbonyl (C=O) groups excluding carboxylic acids is 1. The average Bonchev–Trinajstić information content (AvgIpc) is 3.35. The van der Waals surface area contributed by atoms with E-state index in [0.717, 1.165) is 17.7 Å². The number of carbonyl (C=O) groups is 1. The molecule has 0 radical (unpaired) electrons. The van der Waals surface area contributed by atoms with Gasteiger partial charge in [0.05, 0.1) is 14.2 Å². The Morgan fingerprint density at radius 2 is 2.00 bits per heavy atom. The van der Waals surface area contributed by atoms with Gasteiger partial charge in [-0.15, -0.1) is 18.4 Å². The molecule has 0 N–H and O–H groups in total. The van der Waals surface area contributed by atoms with Gasteiger partial charge in [0.2, 0.25) is 0 Å². The van der Waals surface area contributed by atoms with Gasteiger partial charge in [0.25, 0.3) is 0 Å². The fourth-order valence-corrected chi connectivity index (χ4v) is 2.13. The molecule has 25 heavy (non-hydrogen) atoms. The van der Waals surface area contributed by atoms with Crippen LogP contribution in [0.4, 0.5) is 0 Å². The number of benzene rings is 1. The molecule has 0 fully saturated rings. The van der Waals surface area contributed by atoms with Crippen LogP contribution in [-0.2, 0) is 21.9 Å². The van der Waals surface area contributed by atoms with Crippen LogP contribution in [0.1, 0.15) is 18.4 Å². The van der Waals surface area contributed by atoms with Crippen molar-refractivity contribution in [1.29, 1.82) is 0 Å². The summed E-state index contributed by atoms with van der Waals surface area (Å²) in [6.07, 6.45) is 20.5. The summed E-state index contributed by atoms with van der Waals surface area (Å²) in [5.74, 6) is 1.37. The molecule has 0 saturated carbocycles. The van der Waals surface area contributed by atoms with Crippen molar-refractivity contribution in [1.82, 2.24) is 0 Å². The van der Waals surface area contributed by atoms with Gasteiger partial charge < -0.3 is 14.3 Å². The molecule has 0 saturated heterocycles. The van der Waals surface area contributed by atoms with Crippen LogP contribution in [0.15, 0.2) is 60.2 Å². The van der Waals surface area contributed by atoms with E-state index in [-0.39, 0.29) is 22.9 Å². The smallest absolute Gasteiger partial charge is 0.497 e. The molecule has 0 spiro atoms. The van der Waals surface area contributed by atoms with Gasteiger partial charge in [0, 0.05) is 11.6 Å². The maximum absolute atomic E-state index is 11.8. The second-order valence-corrected chi connectivity index (χ2v) is 5.02. The number of rotatable bonds is 5. The Balaban J connectivity index is 0.000000448. The molecular formula is C21H20FeO3. The summed E-state index contributed by atoms with van der Waals surface area (Å²) in [4.78, 5) is 11.8. The second-order valence-electron chi connectivity index (χ2n) is 5.02. The Kier molecular flexibility index (Phi) is 9.38. The third-order valence-corrected chi connectivity index (χ3v) is 3.42. The number of allylic oxidation sites excluding steroid dienone is 9. The van der Waals surface area contributed by atoms with E-state index >= 15 is 0 Å². The Hall–Kier alpha value is -2.29. The van der Waals surface area contributed by atoms with Gasteiger partial charge in [-0.2, -0.15) is 12.2 Å². The predicted octanol–water partition coefficient (Wildman–Crippen LogP) is 4.28. The molecule has 0 unspecified atom stereocenters. The normalized spacial score (nSPS) is 13.9. The van der Waals surface area contributed by atoms with Crippen LogP contribution >= 0.6 is 0 Å². The molecule has 0 aromatic heterocycles. The van der Waals surface area contributed by atoms with Gasteiger partial charge >= 0.3 is 17.1 Å². The first-order chi connectivity index (χ1) is 11.7. The first-order valence-corrected chi connectivity index (χ1v) is 7.67. The first-order valence-electron chi connectivity index (χ1n) is 7.67. The van der Waals surface area contributed by atoms with E-state index in [0.29, 0.717) is 17.7 Å². The Morgan fingerprint density at radius 1 is 1.16 bits per heavy atom. The molecule has 1 aromatic carbocycles. The summed E-state index contributed by atoms with van der Waals surface area (Å²) >= 11 is 0. The van der Waals surface area contributed by atoms with Gasteiger partial charge in [-0.3, -0.25) is 12.2 Å². The average molecular weight is 376 g/mol. The SMILES string of the molecule is COc1ccc(/C=C/C(=O)C2=CC[C-]=C2)c(OC)c1.[C-]1=CC=CC1.[Fe+2]. The number of hydrogen-bond donors (Lipinski definition) is 0. The monoisotopic (exact) mass is 376 g/mol. The van der Waals surface area contributed by atoms with Crippen LogP contribution in [0.25, 0.3) is 6.08 Å². The first kappa shape index (κ1) is 20.8. The van der Waals surface area contributed by atoms with Crippen LogP contribution in [0.5, 0.6) is 11.5 Å². The molecule has 0 bridgehead atoms. The molecule has 130 valence electrons. The van der Waals surface area contributed by atoms with Gasteiger partial charge in [0.1, 0.15) is 17.3 Å². The number of hydrogen-bond acceptors (Lipinski definition) is 3. The molecule has 4 heteroatoms. The Labute approximate surface area is 159 Å². The fraction of sp³-hybridized carbons (Fsp3) is 0.190. The van der Waals surface area contributed by atoms with Crippen molar-refractivity contribution in [2.45, 2.75) is 12.8 Å². The standard InChI is InChI=1S/C16H15O3.C5H5.Fe/c1-18-14-9-7-13(16(11-14)19-2)8-10-15(17)12-5-3-4-6-12;1-2-4-5-3-1;/h5-11H,3H2,1-2H3;1-3H,4H2;/q2*-1;+2/b10-8+;;. The molecule has 3 rings (SSSR count). The molecule has 0 amide bonds. The molecule has 0 aliphatic heterocycles. The second kappa shape index (κ2) is 11.3. The van der Waals surface area contributed by atoms with Gasteiger partial charge in [-0.1, -0.05) is 0 Å². The van der Waals surface area contributed by atoms with Crippen molar-refractivity contribution >= 4 is 11.9 Å². The van der Waals surface area contributed by atoms with Crippen LogP contribution in [0, 0.1) is 12.2 Å². The topological polar surface area (TPSA) is 35.5 Å². The molecular weight excluding hydrogens is 356 g/mol. The Bertz CT molecular complexity index is 715. The maximum Gasteiger partial charge on any atom is 2.00 e. The molecule has 1 aromatic rings. The zero-order chi connectivity index (χ0) is 17.2. The molecule has 2 aliphatic rings. The summed E-state index contributed by atoms with van der Waals surface area (Å²) in [5, 5.41) is 0. The predicted molar refractivity (Wildman–Crippen MR) is 95.7 cm³/mol. The van der Waals surface area contributed by atoms with E-state index in [4.69, 9.17) is 9.47 Å². The largest absolute Gasteiger partial charge is 2.00 e. The van der Waals surface area contributed by atoms with E-state index in [1.54, 1.807) is 38.5 Å². The minimum atomic E-state index is -0.0251. The minimum Gasteiger partial charge on any atom is -0.497 e. The van der Waals surface area contributed by atoms with Crippen molar-refractivity contribution in [3.8, 4) is 11.5 Å². The van der Waals surface area contributed by atoms with E-state index in [2.05, 4.69) is 18.2 Å². The van der Waals surface area contributed by atoms with Crippen LogP contribution in [-0.4, -0.2) is 20.0 Å². The van der Waals surface area contributed by atoms with Crippen molar-refractivity contribution in [2.75, 3.05) is 14.2 Å². The number of ether oxygens (including phenoxy) is 2. The molecule has 0 heterocycles. The number of methoxy groups -OCH3 is 2.